The van der Waals surface area contributed by atoms with Crippen LogP contribution in [0.3, 0.4) is 0 Å². The maximum atomic E-state index is 11.9. The van der Waals surface area contributed by atoms with Crippen LogP contribution in [-0.4, -0.2) is 51.9 Å². The van der Waals surface area contributed by atoms with E-state index in [4.69, 9.17) is 10.5 Å². The van der Waals surface area contributed by atoms with Crippen LogP contribution in [0.25, 0.3) is 0 Å². The molecule has 1 atom stereocenters. The number of hydrogen-bond acceptors (Lipinski definition) is 5. The van der Waals surface area contributed by atoms with Crippen LogP contribution < -0.4 is 15.2 Å². The number of anilines is 1. The summed E-state index contributed by atoms with van der Waals surface area (Å²) in [6.07, 6.45) is 2.17. The van der Waals surface area contributed by atoms with E-state index in [2.05, 4.69) is 9.62 Å². The molecule has 1 aliphatic heterocycles. The van der Waals surface area contributed by atoms with Gasteiger partial charge in [0.1, 0.15) is 12.4 Å². The summed E-state index contributed by atoms with van der Waals surface area (Å²) in [7, 11) is -1.27. The van der Waals surface area contributed by atoms with Crippen LogP contribution in [0.2, 0.25) is 0 Å². The lowest BCUT2D eigenvalue weighted by atomic mass is 10.2. The van der Waals surface area contributed by atoms with Crippen molar-refractivity contribution in [2.45, 2.75) is 18.9 Å². The Morgan fingerprint density at radius 3 is 2.71 bits per heavy atom. The van der Waals surface area contributed by atoms with Gasteiger partial charge < -0.3 is 15.4 Å². The number of likely N-dealkylation sites (tertiary alicyclic amines) is 1. The Labute approximate surface area is 126 Å². The lowest BCUT2D eigenvalue weighted by Gasteiger charge is -2.19. The second kappa shape index (κ2) is 7.11. The first-order chi connectivity index (χ1) is 9.96. The molecule has 1 aromatic carbocycles. The third-order valence-corrected chi connectivity index (χ3v) is 5.02. The minimum atomic E-state index is -3.30. The summed E-state index contributed by atoms with van der Waals surface area (Å²) in [4.78, 5) is 2.19. The van der Waals surface area contributed by atoms with Gasteiger partial charge in [-0.15, -0.1) is 0 Å². The molecule has 21 heavy (non-hydrogen) atoms. The standard InChI is InChI=1S/C14H23N3O3S/c1-17-8-2-3-13(17)11-16-21(18,19)10-9-20-14-6-4-12(15)5-7-14/h4-7,13,16H,2-3,8-11,15H2,1H3. The molecular formula is C14H23N3O3S. The van der Waals surface area contributed by atoms with Gasteiger partial charge in [0, 0.05) is 18.3 Å². The fraction of sp³-hybridized carbons (Fsp3) is 0.571. The number of nitrogens with one attached hydrogen (secondary N) is 1. The van der Waals surface area contributed by atoms with E-state index in [1.807, 2.05) is 7.05 Å². The number of hydrogen-bond donors (Lipinski definition) is 2. The summed E-state index contributed by atoms with van der Waals surface area (Å²) >= 11 is 0. The molecule has 0 saturated carbocycles. The summed E-state index contributed by atoms with van der Waals surface area (Å²) in [6, 6.07) is 7.19. The molecular weight excluding hydrogens is 290 g/mol. The van der Waals surface area contributed by atoms with Gasteiger partial charge in [-0.3, -0.25) is 0 Å². The maximum Gasteiger partial charge on any atom is 0.215 e. The number of benzene rings is 1. The van der Waals surface area contributed by atoms with Crippen molar-refractivity contribution in [1.29, 1.82) is 0 Å². The molecule has 1 saturated heterocycles. The van der Waals surface area contributed by atoms with E-state index in [1.54, 1.807) is 24.3 Å². The molecule has 1 fully saturated rings. The lowest BCUT2D eigenvalue weighted by Crippen LogP contribution is -2.39. The van der Waals surface area contributed by atoms with Crippen LogP contribution in [0, 0.1) is 0 Å². The van der Waals surface area contributed by atoms with Gasteiger partial charge in [0.15, 0.2) is 0 Å². The van der Waals surface area contributed by atoms with Gasteiger partial charge in [-0.05, 0) is 50.7 Å². The number of ether oxygens (including phenoxy) is 1. The highest BCUT2D eigenvalue weighted by Gasteiger charge is 2.22. The predicted molar refractivity (Wildman–Crippen MR) is 83.8 cm³/mol. The van der Waals surface area contributed by atoms with Crippen molar-refractivity contribution < 1.29 is 13.2 Å². The Morgan fingerprint density at radius 2 is 2.10 bits per heavy atom. The zero-order chi connectivity index (χ0) is 15.3. The van der Waals surface area contributed by atoms with Crippen molar-refractivity contribution in [3.05, 3.63) is 24.3 Å². The number of rotatable bonds is 7. The number of sulfonamides is 1. The zero-order valence-electron chi connectivity index (χ0n) is 12.3. The smallest absolute Gasteiger partial charge is 0.215 e. The van der Waals surface area contributed by atoms with Crippen molar-refractivity contribution in [2.75, 3.05) is 38.2 Å². The lowest BCUT2D eigenvalue weighted by molar-refractivity contribution is 0.309. The van der Waals surface area contributed by atoms with Crippen LogP contribution in [0.4, 0.5) is 5.69 Å². The molecule has 0 aliphatic carbocycles. The third-order valence-electron chi connectivity index (χ3n) is 3.71. The number of likely N-dealkylation sites (N-methyl/N-ethyl adjacent to an activating group) is 1. The van der Waals surface area contributed by atoms with Crippen molar-refractivity contribution >= 4 is 15.7 Å². The van der Waals surface area contributed by atoms with Gasteiger partial charge in [0.25, 0.3) is 0 Å². The Kier molecular flexibility index (Phi) is 5.44. The molecule has 1 aliphatic rings. The fourth-order valence-corrected chi connectivity index (χ4v) is 3.26. The molecule has 3 N–H and O–H groups in total. The van der Waals surface area contributed by atoms with E-state index in [0.29, 0.717) is 24.0 Å². The van der Waals surface area contributed by atoms with E-state index in [1.165, 1.54) is 0 Å². The second-order valence-corrected chi connectivity index (χ2v) is 7.29. The molecule has 1 heterocycles. The molecule has 1 unspecified atom stereocenters. The second-order valence-electron chi connectivity index (χ2n) is 5.36. The summed E-state index contributed by atoms with van der Waals surface area (Å²) in [6.45, 7) is 1.63. The summed E-state index contributed by atoms with van der Waals surface area (Å²) in [5, 5.41) is 0. The van der Waals surface area contributed by atoms with Crippen LogP contribution in [0.1, 0.15) is 12.8 Å². The first kappa shape index (κ1) is 16.1. The Bertz CT molecular complexity index is 545. The summed E-state index contributed by atoms with van der Waals surface area (Å²) in [5.41, 5.74) is 6.22. The molecule has 6 nitrogen and oxygen atoms in total. The first-order valence-corrected chi connectivity index (χ1v) is 8.77. The van der Waals surface area contributed by atoms with Gasteiger partial charge in [-0.25, -0.2) is 13.1 Å². The average Bonchev–Trinajstić information content (AvgIpc) is 2.84. The van der Waals surface area contributed by atoms with Crippen LogP contribution in [0.5, 0.6) is 5.75 Å². The van der Waals surface area contributed by atoms with E-state index in [0.717, 1.165) is 19.4 Å². The molecule has 7 heteroatoms. The van der Waals surface area contributed by atoms with Gasteiger partial charge in [0.05, 0.1) is 5.75 Å². The third kappa shape index (κ3) is 5.18. The van der Waals surface area contributed by atoms with Crippen LogP contribution >= 0.6 is 0 Å². The van der Waals surface area contributed by atoms with E-state index >= 15 is 0 Å². The Morgan fingerprint density at radius 1 is 1.38 bits per heavy atom. The SMILES string of the molecule is CN1CCCC1CNS(=O)(=O)CCOc1ccc(N)cc1. The Hall–Kier alpha value is -1.31. The van der Waals surface area contributed by atoms with Crippen LogP contribution in [-0.2, 0) is 10.0 Å². The largest absolute Gasteiger partial charge is 0.492 e. The van der Waals surface area contributed by atoms with Crippen LogP contribution in [0.15, 0.2) is 24.3 Å². The fourth-order valence-electron chi connectivity index (χ4n) is 2.37. The number of nitrogens with two attached hydrogens (primary N) is 1. The van der Waals surface area contributed by atoms with Crippen molar-refractivity contribution in [3.63, 3.8) is 0 Å². The summed E-state index contributed by atoms with van der Waals surface area (Å²) in [5.74, 6) is 0.572. The maximum absolute atomic E-state index is 11.9. The quantitative estimate of drug-likeness (QED) is 0.723. The molecule has 0 bridgehead atoms. The highest BCUT2D eigenvalue weighted by Crippen LogP contribution is 2.14. The van der Waals surface area contributed by atoms with Crippen molar-refractivity contribution in [1.82, 2.24) is 9.62 Å². The molecule has 1 aromatic rings. The first-order valence-electron chi connectivity index (χ1n) is 7.12. The molecule has 0 aromatic heterocycles. The zero-order valence-corrected chi connectivity index (χ0v) is 13.1. The highest BCUT2D eigenvalue weighted by atomic mass is 32.2. The van der Waals surface area contributed by atoms with Crippen molar-refractivity contribution in [2.24, 2.45) is 0 Å². The Balaban J connectivity index is 1.72. The van der Waals surface area contributed by atoms with Crippen molar-refractivity contribution in [3.8, 4) is 5.75 Å². The summed E-state index contributed by atoms with van der Waals surface area (Å²) < 4.78 is 31.9. The molecule has 0 amide bonds. The molecule has 118 valence electrons. The number of nitrogen functional groups attached to an aromatic ring is 1. The van der Waals surface area contributed by atoms with E-state index in [9.17, 15) is 8.42 Å². The monoisotopic (exact) mass is 313 g/mol. The normalized spacial score (nSPS) is 19.8. The van der Waals surface area contributed by atoms with Gasteiger partial charge >= 0.3 is 0 Å². The van der Waals surface area contributed by atoms with Gasteiger partial charge in [0.2, 0.25) is 10.0 Å². The minimum Gasteiger partial charge on any atom is -0.492 e. The van der Waals surface area contributed by atoms with E-state index in [-0.39, 0.29) is 12.4 Å². The molecule has 0 spiro atoms. The van der Waals surface area contributed by atoms with E-state index < -0.39 is 10.0 Å². The highest BCUT2D eigenvalue weighted by molar-refractivity contribution is 7.89. The average molecular weight is 313 g/mol. The van der Waals surface area contributed by atoms with Gasteiger partial charge in [-0.1, -0.05) is 0 Å². The number of nitrogens with zero attached hydrogens (tertiary/aromatic N) is 1. The topological polar surface area (TPSA) is 84.7 Å². The molecule has 0 radical (unpaired) electrons. The van der Waals surface area contributed by atoms with Gasteiger partial charge in [-0.2, -0.15) is 0 Å². The molecule has 2 rings (SSSR count). The minimum absolute atomic E-state index is 0.0478. The predicted octanol–water partition coefficient (Wildman–Crippen LogP) is 0.661.